The minimum Gasteiger partial charge on any atom is -0.508 e. The molecule has 9 heteroatoms. The first-order valence-electron chi connectivity index (χ1n) is 6.79. The monoisotopic (exact) mass is 275 g/mol. The van der Waals surface area contributed by atoms with E-state index in [1.54, 1.807) is 0 Å². The molecule has 0 radical (unpaired) electrons. The molecule has 0 spiro atoms. The van der Waals surface area contributed by atoms with Crippen molar-refractivity contribution in [2.75, 3.05) is 0 Å². The highest BCUT2D eigenvalue weighted by molar-refractivity contribution is 7.29. The number of aromatic hydroxyl groups is 1. The topological polar surface area (TPSA) is 33.1 Å². The molecule has 0 aliphatic carbocycles. The van der Waals surface area contributed by atoms with Gasteiger partial charge < -0.3 is 5.11 Å². The molecule has 2 rings (SSSR count). The SMILES string of the molecule is Bc1cc(-c2nc(B)c(B)c(B)c2P)c(O)c(B)c1B. The normalized spacial score (nSPS) is 10.7. The van der Waals surface area contributed by atoms with E-state index < -0.39 is 0 Å². The molecule has 1 aromatic heterocycles. The molecule has 1 heterocycles. The predicted molar refractivity (Wildman–Crippen MR) is 110 cm³/mol. The Hall–Kier alpha value is -1.01. The summed E-state index contributed by atoms with van der Waals surface area (Å²) in [5, 5.41) is 11.5. The van der Waals surface area contributed by atoms with E-state index >= 15 is 0 Å². The van der Waals surface area contributed by atoms with Crippen LogP contribution in [0.25, 0.3) is 11.3 Å². The van der Waals surface area contributed by atoms with Gasteiger partial charge in [0.05, 0.1) is 5.69 Å². The number of pyridine rings is 1. The number of benzene rings is 1. The number of hydrogen-bond donors (Lipinski definition) is 1. The summed E-state index contributed by atoms with van der Waals surface area (Å²) >= 11 is 0. The summed E-state index contributed by atoms with van der Waals surface area (Å²) in [7, 11) is 15.0. The van der Waals surface area contributed by atoms with Gasteiger partial charge in [0.25, 0.3) is 0 Å². The quantitative estimate of drug-likeness (QED) is 0.414. The van der Waals surface area contributed by atoms with E-state index in [4.69, 9.17) is 4.98 Å². The summed E-state index contributed by atoms with van der Waals surface area (Å²) in [6.07, 6.45) is 0. The Labute approximate surface area is 128 Å². The van der Waals surface area contributed by atoms with Crippen molar-refractivity contribution in [2.45, 2.75) is 0 Å². The molecular weight excluding hydrogens is 258 g/mol. The van der Waals surface area contributed by atoms with Gasteiger partial charge in [-0.2, -0.15) is 0 Å². The maximum absolute atomic E-state index is 10.5. The molecule has 1 atom stereocenters. The number of hydrogen-bond acceptors (Lipinski definition) is 2. The van der Waals surface area contributed by atoms with Crippen LogP contribution in [0.1, 0.15) is 0 Å². The van der Waals surface area contributed by atoms with Crippen LogP contribution in [0.15, 0.2) is 6.07 Å². The lowest BCUT2D eigenvalue weighted by molar-refractivity contribution is 0.482. The number of phenols is 1. The van der Waals surface area contributed by atoms with Crippen molar-refractivity contribution in [3.8, 4) is 17.0 Å². The summed E-state index contributed by atoms with van der Waals surface area (Å²) in [4.78, 5) is 4.70. The molecule has 94 valence electrons. The van der Waals surface area contributed by atoms with Crippen LogP contribution in [0.5, 0.6) is 5.75 Å². The molecule has 0 saturated heterocycles. The molecule has 1 unspecified atom stereocenters. The van der Waals surface area contributed by atoms with Crippen molar-refractivity contribution in [3.63, 3.8) is 0 Å². The maximum atomic E-state index is 10.5. The van der Waals surface area contributed by atoms with Crippen molar-refractivity contribution in [1.82, 2.24) is 4.98 Å². The van der Waals surface area contributed by atoms with Crippen molar-refractivity contribution < 1.29 is 5.11 Å². The molecule has 0 bridgehead atoms. The molecule has 1 N–H and O–H groups in total. The van der Waals surface area contributed by atoms with Gasteiger partial charge in [-0.05, 0) is 10.9 Å². The van der Waals surface area contributed by atoms with Crippen molar-refractivity contribution in [3.05, 3.63) is 6.07 Å². The summed E-state index contributed by atoms with van der Waals surface area (Å²) in [5.74, 6) is 0.340. The lowest BCUT2D eigenvalue weighted by Gasteiger charge is -2.18. The van der Waals surface area contributed by atoms with Gasteiger partial charge in [-0.25, -0.2) is 0 Å². The van der Waals surface area contributed by atoms with E-state index in [1.807, 2.05) is 29.6 Å². The molecule has 2 aromatic rings. The summed E-state index contributed by atoms with van der Waals surface area (Å²) in [6.45, 7) is 0. The molecule has 2 nitrogen and oxygen atoms in total. The number of nitrogens with zero attached hydrogens (tertiary/aromatic N) is 1. The zero-order chi connectivity index (χ0) is 15.2. The Kier molecular flexibility index (Phi) is 4.16. The fourth-order valence-electron chi connectivity index (χ4n) is 2.42. The van der Waals surface area contributed by atoms with Crippen LogP contribution in [-0.4, -0.2) is 57.2 Å². The van der Waals surface area contributed by atoms with Gasteiger partial charge in [-0.3, -0.25) is 4.98 Å². The summed E-state index contributed by atoms with van der Waals surface area (Å²) in [6, 6.07) is 2.03. The Balaban J connectivity index is 2.83. The van der Waals surface area contributed by atoms with Crippen LogP contribution < -0.4 is 38.2 Å². The zero-order valence-corrected chi connectivity index (χ0v) is 14.2. The van der Waals surface area contributed by atoms with Gasteiger partial charge >= 0.3 is 0 Å². The second-order valence-electron chi connectivity index (χ2n) is 5.55. The van der Waals surface area contributed by atoms with E-state index in [0.717, 1.165) is 33.1 Å². The average Bonchev–Trinajstić information content (AvgIpc) is 2.42. The van der Waals surface area contributed by atoms with Gasteiger partial charge in [0.2, 0.25) is 0 Å². The molecule has 0 aliphatic rings. The van der Waals surface area contributed by atoms with Crippen LogP contribution in [0, 0.1) is 0 Å². The second-order valence-corrected chi connectivity index (χ2v) is 6.13. The average molecular weight is 274 g/mol. The van der Waals surface area contributed by atoms with Gasteiger partial charge in [-0.15, -0.1) is 9.24 Å². The number of rotatable bonds is 1. The zero-order valence-electron chi connectivity index (χ0n) is 13.0. The van der Waals surface area contributed by atoms with Crippen LogP contribution in [-0.2, 0) is 0 Å². The van der Waals surface area contributed by atoms with Crippen molar-refractivity contribution in [2.24, 2.45) is 0 Å². The first-order chi connectivity index (χ1) is 9.25. The smallest absolute Gasteiger partial charge is 0.163 e. The lowest BCUT2D eigenvalue weighted by Crippen LogP contribution is -2.48. The van der Waals surface area contributed by atoms with E-state index in [1.165, 1.54) is 16.4 Å². The van der Waals surface area contributed by atoms with Gasteiger partial charge in [-0.1, -0.05) is 33.4 Å². The largest absolute Gasteiger partial charge is 0.508 e. The first-order valence-corrected chi connectivity index (χ1v) is 7.36. The Morgan fingerprint density at radius 3 is 2.10 bits per heavy atom. The third-order valence-corrected chi connectivity index (χ3v) is 5.13. The first kappa shape index (κ1) is 15.4. The maximum Gasteiger partial charge on any atom is 0.163 e. The molecular formula is C11H16B6NOP. The minimum atomic E-state index is 0.340. The Bertz CT molecular complexity index is 660. The summed E-state index contributed by atoms with van der Waals surface area (Å²) < 4.78 is 0. The molecule has 1 aromatic carbocycles. The minimum absolute atomic E-state index is 0.340. The van der Waals surface area contributed by atoms with Gasteiger partial charge in [0, 0.05) is 5.56 Å². The van der Waals surface area contributed by atoms with Crippen LogP contribution >= 0.6 is 9.24 Å². The van der Waals surface area contributed by atoms with E-state index in [9.17, 15) is 5.11 Å². The molecule has 0 aliphatic heterocycles. The van der Waals surface area contributed by atoms with E-state index in [-0.39, 0.29) is 0 Å². The molecule has 20 heavy (non-hydrogen) atoms. The third kappa shape index (κ3) is 2.35. The van der Waals surface area contributed by atoms with Crippen LogP contribution in [0.2, 0.25) is 0 Å². The summed E-state index contributed by atoms with van der Waals surface area (Å²) in [5.41, 5.74) is 8.36. The van der Waals surface area contributed by atoms with Gasteiger partial charge in [0.1, 0.15) is 45.0 Å². The number of aromatic nitrogens is 1. The fraction of sp³-hybridized carbons (Fsp3) is 0. The van der Waals surface area contributed by atoms with Crippen LogP contribution in [0.3, 0.4) is 0 Å². The fourth-order valence-corrected chi connectivity index (χ4v) is 2.85. The Morgan fingerprint density at radius 2 is 1.50 bits per heavy atom. The molecule has 0 saturated carbocycles. The second kappa shape index (κ2) is 5.41. The van der Waals surface area contributed by atoms with Crippen molar-refractivity contribution >= 4 is 94.5 Å². The standard InChI is InChI=1S/C11H16B6NOP/c12-3-1-2(9(19)5(14)4(3)13)8-10(20)6(15)7(16)11(17)18-8/h1,19H,12-17,20H2. The van der Waals surface area contributed by atoms with E-state index in [2.05, 4.69) is 32.8 Å². The predicted octanol–water partition coefficient (Wildman–Crippen LogP) is -8.49. The van der Waals surface area contributed by atoms with Crippen LogP contribution in [0.4, 0.5) is 0 Å². The number of phenolic OH excluding ortho intramolecular Hbond substituents is 1. The third-order valence-electron chi connectivity index (χ3n) is 4.42. The molecule has 0 fully saturated rings. The Morgan fingerprint density at radius 1 is 0.900 bits per heavy atom. The van der Waals surface area contributed by atoms with Crippen molar-refractivity contribution in [1.29, 1.82) is 0 Å². The highest BCUT2D eigenvalue weighted by Crippen LogP contribution is 2.22. The molecule has 0 amide bonds. The van der Waals surface area contributed by atoms with Gasteiger partial charge in [0.15, 0.2) is 7.85 Å². The highest BCUT2D eigenvalue weighted by Gasteiger charge is 2.16. The lowest BCUT2D eigenvalue weighted by atomic mass is 9.70. The highest BCUT2D eigenvalue weighted by atomic mass is 31.0. The van der Waals surface area contributed by atoms with E-state index in [0.29, 0.717) is 5.75 Å².